The summed E-state index contributed by atoms with van der Waals surface area (Å²) >= 11 is 0. The van der Waals surface area contributed by atoms with Crippen LogP contribution in [0.25, 0.3) is 0 Å². The first-order valence-corrected chi connectivity index (χ1v) is 7.36. The Kier molecular flexibility index (Phi) is 5.72. The van der Waals surface area contributed by atoms with Crippen molar-refractivity contribution in [2.24, 2.45) is 0 Å². The highest BCUT2D eigenvalue weighted by Gasteiger charge is 2.45. The first-order chi connectivity index (χ1) is 10.0. The molecule has 5 nitrogen and oxygen atoms in total. The molecule has 1 saturated heterocycles. The fourth-order valence-corrected chi connectivity index (χ4v) is 3.01. The number of ether oxygens (including phenoxy) is 1. The molecular formula is C16H26N2O3. The summed E-state index contributed by atoms with van der Waals surface area (Å²) < 4.78 is 5.82. The number of rotatable bonds is 6. The summed E-state index contributed by atoms with van der Waals surface area (Å²) in [4.78, 5) is 4.16. The highest BCUT2D eigenvalue weighted by atomic mass is 16.5. The molecule has 2 rings (SSSR count). The predicted octanol–water partition coefficient (Wildman–Crippen LogP) is 0.169. The van der Waals surface area contributed by atoms with Crippen molar-refractivity contribution in [2.45, 2.75) is 30.9 Å². The van der Waals surface area contributed by atoms with Crippen molar-refractivity contribution in [1.82, 2.24) is 9.80 Å². The fraction of sp³-hybridized carbons (Fsp3) is 0.625. The molecule has 1 aromatic carbocycles. The van der Waals surface area contributed by atoms with Crippen LogP contribution in [0.5, 0.6) is 0 Å². The molecule has 21 heavy (non-hydrogen) atoms. The minimum atomic E-state index is -0.673. The Labute approximate surface area is 126 Å². The SMILES string of the molecule is CN(C)C[C@H]1O[C@@H](CO)[C@@H](O)[C@@H]1N(C)Cc1ccccc1. The zero-order valence-corrected chi connectivity index (χ0v) is 13.0. The van der Waals surface area contributed by atoms with Gasteiger partial charge in [0.1, 0.15) is 12.2 Å². The van der Waals surface area contributed by atoms with Crippen LogP contribution in [0.15, 0.2) is 30.3 Å². The van der Waals surface area contributed by atoms with Gasteiger partial charge in [0, 0.05) is 13.1 Å². The minimum absolute atomic E-state index is 0.110. The lowest BCUT2D eigenvalue weighted by atomic mass is 10.0. The van der Waals surface area contributed by atoms with E-state index in [9.17, 15) is 10.2 Å². The van der Waals surface area contributed by atoms with Gasteiger partial charge in [-0.05, 0) is 26.7 Å². The van der Waals surface area contributed by atoms with Crippen molar-refractivity contribution in [3.8, 4) is 0 Å². The molecule has 1 aliphatic rings. The Morgan fingerprint density at radius 3 is 2.33 bits per heavy atom. The average Bonchev–Trinajstić information content (AvgIpc) is 2.75. The topological polar surface area (TPSA) is 56.2 Å². The zero-order valence-electron chi connectivity index (χ0n) is 13.0. The van der Waals surface area contributed by atoms with Crippen LogP contribution in [-0.4, -0.2) is 78.7 Å². The lowest BCUT2D eigenvalue weighted by molar-refractivity contribution is -0.0273. The quantitative estimate of drug-likeness (QED) is 0.783. The molecule has 0 radical (unpaired) electrons. The zero-order chi connectivity index (χ0) is 15.4. The Morgan fingerprint density at radius 2 is 1.76 bits per heavy atom. The maximum Gasteiger partial charge on any atom is 0.109 e. The highest BCUT2D eigenvalue weighted by molar-refractivity contribution is 5.15. The van der Waals surface area contributed by atoms with Crippen molar-refractivity contribution in [3.63, 3.8) is 0 Å². The van der Waals surface area contributed by atoms with Crippen LogP contribution >= 0.6 is 0 Å². The molecule has 0 saturated carbocycles. The third-order valence-corrected chi connectivity index (χ3v) is 3.97. The third kappa shape index (κ3) is 4.02. The summed E-state index contributed by atoms with van der Waals surface area (Å²) in [7, 11) is 5.96. The van der Waals surface area contributed by atoms with Crippen LogP contribution in [-0.2, 0) is 11.3 Å². The molecule has 1 aliphatic heterocycles. The predicted molar refractivity (Wildman–Crippen MR) is 82.0 cm³/mol. The lowest BCUT2D eigenvalue weighted by Gasteiger charge is -2.31. The molecule has 1 fully saturated rings. The Morgan fingerprint density at radius 1 is 1.10 bits per heavy atom. The molecule has 1 heterocycles. The van der Waals surface area contributed by atoms with E-state index in [1.54, 1.807) is 0 Å². The summed E-state index contributed by atoms with van der Waals surface area (Å²) in [6, 6.07) is 10.0. The van der Waals surface area contributed by atoms with E-state index in [0.717, 1.165) is 13.1 Å². The Hall–Kier alpha value is -0.980. The van der Waals surface area contributed by atoms with Gasteiger partial charge in [0.2, 0.25) is 0 Å². The van der Waals surface area contributed by atoms with Crippen molar-refractivity contribution < 1.29 is 14.9 Å². The summed E-state index contributed by atoms with van der Waals surface area (Å²) in [5, 5.41) is 19.8. The van der Waals surface area contributed by atoms with E-state index in [0.29, 0.717) is 0 Å². The number of likely N-dealkylation sites (N-methyl/N-ethyl adjacent to an activating group) is 2. The van der Waals surface area contributed by atoms with Gasteiger partial charge < -0.3 is 19.8 Å². The summed E-state index contributed by atoms with van der Waals surface area (Å²) in [5.41, 5.74) is 1.20. The minimum Gasteiger partial charge on any atom is -0.394 e. The van der Waals surface area contributed by atoms with Crippen LogP contribution < -0.4 is 0 Å². The van der Waals surface area contributed by atoms with Gasteiger partial charge in [0.25, 0.3) is 0 Å². The van der Waals surface area contributed by atoms with Crippen LogP contribution in [0.1, 0.15) is 5.56 Å². The smallest absolute Gasteiger partial charge is 0.109 e. The molecule has 0 aliphatic carbocycles. The van der Waals surface area contributed by atoms with Gasteiger partial charge in [-0.15, -0.1) is 0 Å². The molecule has 0 unspecified atom stereocenters. The Balaban J connectivity index is 2.09. The molecule has 1 aromatic rings. The summed E-state index contributed by atoms with van der Waals surface area (Å²) in [6.45, 7) is 1.31. The molecule has 4 atom stereocenters. The molecule has 118 valence electrons. The molecule has 2 N–H and O–H groups in total. The van der Waals surface area contributed by atoms with Crippen LogP contribution in [0.3, 0.4) is 0 Å². The second kappa shape index (κ2) is 7.33. The van der Waals surface area contributed by atoms with E-state index in [-0.39, 0.29) is 18.8 Å². The third-order valence-electron chi connectivity index (χ3n) is 3.97. The Bertz CT molecular complexity index is 427. The van der Waals surface area contributed by atoms with Gasteiger partial charge in [-0.25, -0.2) is 0 Å². The summed E-state index contributed by atoms with van der Waals surface area (Å²) in [6.07, 6.45) is -1.28. The second-order valence-electron chi connectivity index (χ2n) is 6.04. The maximum absolute atomic E-state index is 10.4. The van der Waals surface area contributed by atoms with E-state index in [2.05, 4.69) is 17.0 Å². The molecule has 0 aromatic heterocycles. The van der Waals surface area contributed by atoms with E-state index in [1.807, 2.05) is 44.2 Å². The van der Waals surface area contributed by atoms with Gasteiger partial charge in [-0.1, -0.05) is 30.3 Å². The van der Waals surface area contributed by atoms with Gasteiger partial charge in [-0.2, -0.15) is 0 Å². The first kappa shape index (κ1) is 16.4. The molecule has 0 amide bonds. The molecular weight excluding hydrogens is 268 g/mol. The first-order valence-electron chi connectivity index (χ1n) is 7.36. The number of hydrogen-bond donors (Lipinski definition) is 2. The highest BCUT2D eigenvalue weighted by Crippen LogP contribution is 2.26. The number of aliphatic hydroxyl groups excluding tert-OH is 2. The largest absolute Gasteiger partial charge is 0.394 e. The second-order valence-corrected chi connectivity index (χ2v) is 6.04. The molecule has 0 spiro atoms. The normalized spacial score (nSPS) is 29.5. The van der Waals surface area contributed by atoms with Crippen LogP contribution in [0, 0.1) is 0 Å². The van der Waals surface area contributed by atoms with Gasteiger partial charge >= 0.3 is 0 Å². The average molecular weight is 294 g/mol. The van der Waals surface area contributed by atoms with Gasteiger partial charge in [0.05, 0.1) is 18.8 Å². The van der Waals surface area contributed by atoms with E-state index < -0.39 is 12.2 Å². The maximum atomic E-state index is 10.4. The van der Waals surface area contributed by atoms with E-state index >= 15 is 0 Å². The molecule has 5 heteroatoms. The number of benzene rings is 1. The van der Waals surface area contributed by atoms with Crippen molar-refractivity contribution >= 4 is 0 Å². The summed E-state index contributed by atoms with van der Waals surface area (Å²) in [5.74, 6) is 0. The monoisotopic (exact) mass is 294 g/mol. The van der Waals surface area contributed by atoms with Gasteiger partial charge in [-0.3, -0.25) is 4.90 Å². The van der Waals surface area contributed by atoms with Crippen molar-refractivity contribution in [3.05, 3.63) is 35.9 Å². The van der Waals surface area contributed by atoms with E-state index in [1.165, 1.54) is 5.56 Å². The number of aliphatic hydroxyl groups is 2. The van der Waals surface area contributed by atoms with Crippen LogP contribution in [0.2, 0.25) is 0 Å². The van der Waals surface area contributed by atoms with E-state index in [4.69, 9.17) is 4.74 Å². The molecule has 0 bridgehead atoms. The van der Waals surface area contributed by atoms with Gasteiger partial charge in [0.15, 0.2) is 0 Å². The fourth-order valence-electron chi connectivity index (χ4n) is 3.01. The van der Waals surface area contributed by atoms with Crippen molar-refractivity contribution in [1.29, 1.82) is 0 Å². The lowest BCUT2D eigenvalue weighted by Crippen LogP contribution is -2.48. The standard InChI is InChI=1S/C16H26N2O3/c1-17(2)10-13-15(16(20)14(11-19)21-13)18(3)9-12-7-5-4-6-8-12/h4-8,13-16,19-20H,9-11H2,1-3H3/t13-,14+,15-,16-/m1/s1. The number of hydrogen-bond acceptors (Lipinski definition) is 5. The van der Waals surface area contributed by atoms with Crippen LogP contribution in [0.4, 0.5) is 0 Å². The van der Waals surface area contributed by atoms with Crippen molar-refractivity contribution in [2.75, 3.05) is 34.3 Å². The number of nitrogens with zero attached hydrogens (tertiary/aromatic N) is 2.